The van der Waals surface area contributed by atoms with E-state index in [-0.39, 0.29) is 11.8 Å². The van der Waals surface area contributed by atoms with E-state index in [1.165, 1.54) is 0 Å². The molecule has 0 spiro atoms. The number of rotatable bonds is 6. The number of aryl methyl sites for hydroxylation is 2. The van der Waals surface area contributed by atoms with Gasteiger partial charge in [-0.05, 0) is 32.3 Å². The fraction of sp³-hybridized carbons (Fsp3) is 0.619. The summed E-state index contributed by atoms with van der Waals surface area (Å²) in [6.07, 6.45) is 3.76. The molecule has 0 bridgehead atoms. The standard InChI is InChI=1S/C21H32N2O3/c1-5-6-8-19(24)22-9-7-10-23(12-11-22)20(25)15-18-14-16(2)13-17(3)21(18)26-4/h13-14H,5-12,15H2,1-4H3. The third kappa shape index (κ3) is 5.23. The molecule has 5 heteroatoms. The van der Waals surface area contributed by atoms with Gasteiger partial charge >= 0.3 is 0 Å². The first-order chi connectivity index (χ1) is 12.5. The number of benzene rings is 1. The zero-order chi connectivity index (χ0) is 19.1. The minimum Gasteiger partial charge on any atom is -0.496 e. The van der Waals surface area contributed by atoms with Crippen LogP contribution in [0.3, 0.4) is 0 Å². The monoisotopic (exact) mass is 360 g/mol. The first kappa shape index (κ1) is 20.3. The van der Waals surface area contributed by atoms with Crippen molar-refractivity contribution in [2.45, 2.75) is 52.9 Å². The van der Waals surface area contributed by atoms with Crippen LogP contribution >= 0.6 is 0 Å². The summed E-state index contributed by atoms with van der Waals surface area (Å²) in [7, 11) is 1.65. The van der Waals surface area contributed by atoms with Gasteiger partial charge in [0.15, 0.2) is 0 Å². The molecule has 1 heterocycles. The van der Waals surface area contributed by atoms with Gasteiger partial charge in [-0.25, -0.2) is 0 Å². The van der Waals surface area contributed by atoms with Crippen molar-refractivity contribution in [1.82, 2.24) is 9.80 Å². The predicted octanol–water partition coefficient (Wildman–Crippen LogP) is 3.11. The Morgan fingerprint density at radius 3 is 2.31 bits per heavy atom. The van der Waals surface area contributed by atoms with Crippen molar-refractivity contribution in [2.75, 3.05) is 33.3 Å². The van der Waals surface area contributed by atoms with Gasteiger partial charge in [0.2, 0.25) is 11.8 Å². The Hall–Kier alpha value is -2.04. The van der Waals surface area contributed by atoms with E-state index in [1.54, 1.807) is 7.11 Å². The van der Waals surface area contributed by atoms with E-state index in [9.17, 15) is 9.59 Å². The summed E-state index contributed by atoms with van der Waals surface area (Å²) in [6, 6.07) is 4.10. The number of ether oxygens (including phenoxy) is 1. The molecule has 0 atom stereocenters. The summed E-state index contributed by atoms with van der Waals surface area (Å²) in [6.45, 7) is 8.85. The number of carbonyl (C=O) groups excluding carboxylic acids is 2. The van der Waals surface area contributed by atoms with Gasteiger partial charge < -0.3 is 14.5 Å². The lowest BCUT2D eigenvalue weighted by molar-refractivity contribution is -0.133. The van der Waals surface area contributed by atoms with E-state index in [2.05, 4.69) is 13.0 Å². The first-order valence-corrected chi connectivity index (χ1v) is 9.66. The van der Waals surface area contributed by atoms with E-state index in [0.717, 1.165) is 48.2 Å². The fourth-order valence-corrected chi connectivity index (χ4v) is 3.64. The summed E-state index contributed by atoms with van der Waals surface area (Å²) in [5.74, 6) is 1.13. The molecule has 0 aromatic heterocycles. The first-order valence-electron chi connectivity index (χ1n) is 9.66. The summed E-state index contributed by atoms with van der Waals surface area (Å²) >= 11 is 0. The molecule has 0 radical (unpaired) electrons. The second-order valence-electron chi connectivity index (χ2n) is 7.17. The van der Waals surface area contributed by atoms with Crippen molar-refractivity contribution in [3.05, 3.63) is 28.8 Å². The van der Waals surface area contributed by atoms with Gasteiger partial charge in [0, 0.05) is 38.2 Å². The maximum Gasteiger partial charge on any atom is 0.227 e. The lowest BCUT2D eigenvalue weighted by atomic mass is 10.0. The van der Waals surface area contributed by atoms with Crippen LogP contribution < -0.4 is 4.74 Å². The summed E-state index contributed by atoms with van der Waals surface area (Å²) in [5.41, 5.74) is 3.13. The van der Waals surface area contributed by atoms with Crippen LogP contribution in [0.25, 0.3) is 0 Å². The van der Waals surface area contributed by atoms with Crippen molar-refractivity contribution in [3.63, 3.8) is 0 Å². The minimum absolute atomic E-state index is 0.108. The van der Waals surface area contributed by atoms with Gasteiger partial charge in [0.1, 0.15) is 5.75 Å². The molecule has 2 rings (SSSR count). The average Bonchev–Trinajstić information content (AvgIpc) is 2.85. The van der Waals surface area contributed by atoms with Gasteiger partial charge in [-0.3, -0.25) is 9.59 Å². The third-order valence-electron chi connectivity index (χ3n) is 4.99. The number of amides is 2. The Bertz CT molecular complexity index is 642. The Kier molecular flexibility index (Phi) is 7.49. The Morgan fingerprint density at radius 2 is 1.69 bits per heavy atom. The van der Waals surface area contributed by atoms with Crippen molar-refractivity contribution in [2.24, 2.45) is 0 Å². The molecule has 1 aliphatic heterocycles. The molecule has 0 N–H and O–H groups in total. The molecule has 1 aromatic rings. The largest absolute Gasteiger partial charge is 0.496 e. The Balaban J connectivity index is 2.00. The molecular weight excluding hydrogens is 328 g/mol. The van der Waals surface area contributed by atoms with Crippen LogP contribution in [0, 0.1) is 13.8 Å². The SMILES string of the molecule is CCCCC(=O)N1CCCN(C(=O)Cc2cc(C)cc(C)c2OC)CC1. The maximum atomic E-state index is 12.8. The van der Waals surface area contributed by atoms with Gasteiger partial charge in [-0.1, -0.05) is 31.0 Å². The number of nitrogens with zero attached hydrogens (tertiary/aromatic N) is 2. The molecule has 1 fully saturated rings. The molecule has 1 saturated heterocycles. The highest BCUT2D eigenvalue weighted by atomic mass is 16.5. The highest BCUT2D eigenvalue weighted by Crippen LogP contribution is 2.26. The van der Waals surface area contributed by atoms with Crippen LogP contribution in [-0.4, -0.2) is 54.9 Å². The third-order valence-corrected chi connectivity index (χ3v) is 4.99. The second-order valence-corrected chi connectivity index (χ2v) is 7.17. The fourth-order valence-electron chi connectivity index (χ4n) is 3.64. The highest BCUT2D eigenvalue weighted by molar-refractivity contribution is 5.80. The molecule has 2 amide bonds. The van der Waals surface area contributed by atoms with Crippen LogP contribution in [0.1, 0.15) is 49.3 Å². The van der Waals surface area contributed by atoms with Crippen LogP contribution in [0.4, 0.5) is 0 Å². The zero-order valence-electron chi connectivity index (χ0n) is 16.6. The molecule has 0 aliphatic carbocycles. The molecular formula is C21H32N2O3. The lowest BCUT2D eigenvalue weighted by Gasteiger charge is -2.23. The Labute approximate surface area is 157 Å². The van der Waals surface area contributed by atoms with Gasteiger partial charge in [-0.15, -0.1) is 0 Å². The summed E-state index contributed by atoms with van der Waals surface area (Å²) < 4.78 is 5.51. The molecule has 1 aromatic carbocycles. The molecule has 0 unspecified atom stereocenters. The summed E-state index contributed by atoms with van der Waals surface area (Å²) in [5, 5.41) is 0. The number of carbonyl (C=O) groups is 2. The average molecular weight is 360 g/mol. The van der Waals surface area contributed by atoms with E-state index in [1.807, 2.05) is 29.7 Å². The lowest BCUT2D eigenvalue weighted by Crippen LogP contribution is -2.38. The van der Waals surface area contributed by atoms with E-state index < -0.39 is 0 Å². The molecule has 26 heavy (non-hydrogen) atoms. The number of hydrogen-bond donors (Lipinski definition) is 0. The highest BCUT2D eigenvalue weighted by Gasteiger charge is 2.23. The number of methoxy groups -OCH3 is 1. The normalized spacial score (nSPS) is 14.9. The van der Waals surface area contributed by atoms with Crippen LogP contribution in [0.15, 0.2) is 12.1 Å². The molecule has 0 saturated carbocycles. The quantitative estimate of drug-likeness (QED) is 0.783. The predicted molar refractivity (Wildman–Crippen MR) is 103 cm³/mol. The van der Waals surface area contributed by atoms with Crippen LogP contribution in [-0.2, 0) is 16.0 Å². The van der Waals surface area contributed by atoms with E-state index >= 15 is 0 Å². The second kappa shape index (κ2) is 9.60. The van der Waals surface area contributed by atoms with Gasteiger partial charge in [-0.2, -0.15) is 0 Å². The topological polar surface area (TPSA) is 49.9 Å². The molecule has 5 nitrogen and oxygen atoms in total. The maximum absolute atomic E-state index is 12.8. The van der Waals surface area contributed by atoms with Crippen molar-refractivity contribution in [1.29, 1.82) is 0 Å². The van der Waals surface area contributed by atoms with Crippen LogP contribution in [0.2, 0.25) is 0 Å². The smallest absolute Gasteiger partial charge is 0.227 e. The van der Waals surface area contributed by atoms with Crippen LogP contribution in [0.5, 0.6) is 5.75 Å². The number of hydrogen-bond acceptors (Lipinski definition) is 3. The Morgan fingerprint density at radius 1 is 1.04 bits per heavy atom. The van der Waals surface area contributed by atoms with Gasteiger partial charge in [0.25, 0.3) is 0 Å². The molecule has 1 aliphatic rings. The number of unbranched alkanes of at least 4 members (excludes halogenated alkanes) is 1. The zero-order valence-corrected chi connectivity index (χ0v) is 16.6. The summed E-state index contributed by atoms with van der Waals surface area (Å²) in [4.78, 5) is 28.9. The van der Waals surface area contributed by atoms with Gasteiger partial charge in [0.05, 0.1) is 13.5 Å². The van der Waals surface area contributed by atoms with Crippen molar-refractivity contribution < 1.29 is 14.3 Å². The van der Waals surface area contributed by atoms with Crippen molar-refractivity contribution >= 4 is 11.8 Å². The molecule has 144 valence electrons. The van der Waals surface area contributed by atoms with E-state index in [0.29, 0.717) is 32.5 Å². The minimum atomic E-state index is 0.108. The van der Waals surface area contributed by atoms with Crippen molar-refractivity contribution in [3.8, 4) is 5.75 Å². The van der Waals surface area contributed by atoms with E-state index in [4.69, 9.17) is 4.74 Å².